The highest BCUT2D eigenvalue weighted by atomic mass is 35.5. The standard InChI is InChI=1S/C24H27Cl2F3N2O3/c1-23(2,3)34-22(33)16-8-6-15(7-9-16)10-12-31-19(17(25)13-18(26)21(31)32)14-30-11-4-5-20(30)24(27,28)29/h6-9,13,20H,4-5,10-12,14H2,1-3H3. The van der Waals surface area contributed by atoms with Crippen LogP contribution in [0.4, 0.5) is 13.2 Å². The predicted molar refractivity (Wildman–Crippen MR) is 126 cm³/mol. The largest absolute Gasteiger partial charge is 0.456 e. The SMILES string of the molecule is CC(C)(C)OC(=O)c1ccc(CCn2c(CN3CCCC3C(F)(F)F)c(Cl)cc(Cl)c2=O)cc1. The molecule has 1 saturated heterocycles. The van der Waals surface area contributed by atoms with Gasteiger partial charge < -0.3 is 9.30 Å². The Kier molecular flexibility index (Phi) is 8.05. The van der Waals surface area contributed by atoms with Gasteiger partial charge in [0.1, 0.15) is 16.7 Å². The van der Waals surface area contributed by atoms with Crippen molar-refractivity contribution >= 4 is 29.2 Å². The number of carbonyl (C=O) groups is 1. The van der Waals surface area contributed by atoms with Crippen molar-refractivity contribution in [3.63, 3.8) is 0 Å². The van der Waals surface area contributed by atoms with Crippen molar-refractivity contribution in [3.05, 3.63) is 67.6 Å². The number of halogens is 5. The lowest BCUT2D eigenvalue weighted by Gasteiger charge is -2.28. The molecule has 0 amide bonds. The molecule has 3 rings (SSSR count). The van der Waals surface area contributed by atoms with Crippen LogP contribution in [-0.4, -0.2) is 39.8 Å². The van der Waals surface area contributed by atoms with Gasteiger partial charge >= 0.3 is 12.1 Å². The summed E-state index contributed by atoms with van der Waals surface area (Å²) in [4.78, 5) is 26.3. The second kappa shape index (κ2) is 10.3. The van der Waals surface area contributed by atoms with Gasteiger partial charge in [-0.1, -0.05) is 35.3 Å². The normalized spacial score (nSPS) is 17.2. The summed E-state index contributed by atoms with van der Waals surface area (Å²) >= 11 is 12.4. The second-order valence-corrected chi connectivity index (χ2v) is 10.2. The summed E-state index contributed by atoms with van der Waals surface area (Å²) in [7, 11) is 0. The Hall–Kier alpha value is -2.03. The first-order chi connectivity index (χ1) is 15.8. The molecule has 34 heavy (non-hydrogen) atoms. The summed E-state index contributed by atoms with van der Waals surface area (Å²) in [5.74, 6) is -0.441. The van der Waals surface area contributed by atoms with Crippen molar-refractivity contribution in [2.45, 2.75) is 70.9 Å². The lowest BCUT2D eigenvalue weighted by molar-refractivity contribution is -0.177. The van der Waals surface area contributed by atoms with Crippen LogP contribution in [0.2, 0.25) is 10.0 Å². The number of esters is 1. The third-order valence-electron chi connectivity index (χ3n) is 5.61. The van der Waals surface area contributed by atoms with E-state index in [0.717, 1.165) is 5.56 Å². The van der Waals surface area contributed by atoms with E-state index in [1.165, 1.54) is 15.5 Å². The van der Waals surface area contributed by atoms with Crippen molar-refractivity contribution in [3.8, 4) is 0 Å². The number of aromatic nitrogens is 1. The highest BCUT2D eigenvalue weighted by molar-refractivity contribution is 6.34. The van der Waals surface area contributed by atoms with Crippen molar-refractivity contribution in [2.75, 3.05) is 6.54 Å². The lowest BCUT2D eigenvalue weighted by atomic mass is 10.1. The average molecular weight is 519 g/mol. The minimum Gasteiger partial charge on any atom is -0.456 e. The predicted octanol–water partition coefficient (Wildman–Crippen LogP) is 5.88. The van der Waals surface area contributed by atoms with Crippen molar-refractivity contribution in [2.24, 2.45) is 0 Å². The molecule has 1 aromatic carbocycles. The Balaban J connectivity index is 1.80. The number of nitrogens with zero attached hydrogens (tertiary/aromatic N) is 2. The maximum Gasteiger partial charge on any atom is 0.404 e. The average Bonchev–Trinajstić information content (AvgIpc) is 3.20. The van der Waals surface area contributed by atoms with Crippen LogP contribution in [-0.2, 0) is 24.2 Å². The van der Waals surface area contributed by atoms with Crippen molar-refractivity contribution in [1.29, 1.82) is 0 Å². The fourth-order valence-electron chi connectivity index (χ4n) is 4.00. The minimum atomic E-state index is -4.35. The number of carbonyl (C=O) groups excluding carboxylic acids is 1. The molecule has 0 radical (unpaired) electrons. The number of pyridine rings is 1. The van der Waals surface area contributed by atoms with Crippen LogP contribution in [0.1, 0.15) is 55.2 Å². The highest BCUT2D eigenvalue weighted by Crippen LogP contribution is 2.34. The van der Waals surface area contributed by atoms with E-state index in [1.54, 1.807) is 45.0 Å². The summed E-state index contributed by atoms with van der Waals surface area (Å²) in [6, 6.07) is 6.48. The monoisotopic (exact) mass is 518 g/mol. The number of aryl methyl sites for hydroxylation is 1. The van der Waals surface area contributed by atoms with Gasteiger partial charge in [0.05, 0.1) is 16.3 Å². The molecule has 2 aromatic rings. The summed E-state index contributed by atoms with van der Waals surface area (Å²) in [6.45, 7) is 5.68. The van der Waals surface area contributed by atoms with E-state index >= 15 is 0 Å². The highest BCUT2D eigenvalue weighted by Gasteiger charge is 2.46. The molecule has 0 bridgehead atoms. The number of rotatable bonds is 6. The molecule has 1 aromatic heterocycles. The molecule has 0 spiro atoms. The summed E-state index contributed by atoms with van der Waals surface area (Å²) < 4.78 is 46.9. The van der Waals surface area contributed by atoms with Gasteiger partial charge in [0.15, 0.2) is 0 Å². The van der Waals surface area contributed by atoms with Gasteiger partial charge in [-0.3, -0.25) is 9.69 Å². The molecule has 1 aliphatic heterocycles. The first-order valence-corrected chi connectivity index (χ1v) is 11.7. The van der Waals surface area contributed by atoms with Gasteiger partial charge in [-0.2, -0.15) is 13.2 Å². The van der Waals surface area contributed by atoms with Gasteiger partial charge in [0.2, 0.25) is 0 Å². The van der Waals surface area contributed by atoms with Gasteiger partial charge in [-0.15, -0.1) is 0 Å². The summed E-state index contributed by atoms with van der Waals surface area (Å²) in [5.41, 5.74) is 0.413. The molecular weight excluding hydrogens is 492 g/mol. The first-order valence-electron chi connectivity index (χ1n) is 11.0. The molecular formula is C24H27Cl2F3N2O3. The zero-order chi connectivity index (χ0) is 25.3. The number of hydrogen-bond acceptors (Lipinski definition) is 4. The maximum absolute atomic E-state index is 13.4. The van der Waals surface area contributed by atoms with E-state index < -0.39 is 29.3 Å². The Labute approximate surface area is 206 Å². The van der Waals surface area contributed by atoms with Crippen molar-refractivity contribution in [1.82, 2.24) is 9.47 Å². The first kappa shape index (κ1) is 26.6. The molecule has 5 nitrogen and oxygen atoms in total. The van der Waals surface area contributed by atoms with Crippen LogP contribution in [0.3, 0.4) is 0 Å². The minimum absolute atomic E-state index is 0.0168. The van der Waals surface area contributed by atoms with Crippen LogP contribution < -0.4 is 5.56 Å². The molecule has 1 atom stereocenters. The van der Waals surface area contributed by atoms with E-state index in [-0.39, 0.29) is 36.1 Å². The second-order valence-electron chi connectivity index (χ2n) is 9.36. The third-order valence-corrected chi connectivity index (χ3v) is 6.21. The molecule has 1 unspecified atom stereocenters. The zero-order valence-electron chi connectivity index (χ0n) is 19.2. The van der Waals surface area contributed by atoms with Crippen molar-refractivity contribution < 1.29 is 22.7 Å². The van der Waals surface area contributed by atoms with Crippen LogP contribution in [0.5, 0.6) is 0 Å². The van der Waals surface area contributed by atoms with Gasteiger partial charge in [-0.05, 0) is 70.3 Å². The number of alkyl halides is 3. The van der Waals surface area contributed by atoms with Gasteiger partial charge in [0.25, 0.3) is 5.56 Å². The Morgan fingerprint density at radius 3 is 2.35 bits per heavy atom. The van der Waals surface area contributed by atoms with Crippen LogP contribution in [0.15, 0.2) is 35.1 Å². The van der Waals surface area contributed by atoms with Gasteiger partial charge in [0, 0.05) is 13.1 Å². The molecule has 0 N–H and O–H groups in total. The molecule has 186 valence electrons. The van der Waals surface area contributed by atoms with E-state index in [1.807, 2.05) is 0 Å². The zero-order valence-corrected chi connectivity index (χ0v) is 20.7. The maximum atomic E-state index is 13.4. The van der Waals surface area contributed by atoms with Gasteiger partial charge in [-0.25, -0.2) is 4.79 Å². The van der Waals surface area contributed by atoms with Crippen LogP contribution >= 0.6 is 23.2 Å². The topological polar surface area (TPSA) is 51.5 Å². The van der Waals surface area contributed by atoms with E-state index in [4.69, 9.17) is 27.9 Å². The number of hydrogen-bond donors (Lipinski definition) is 0. The number of benzene rings is 1. The number of likely N-dealkylation sites (tertiary alicyclic amines) is 1. The van der Waals surface area contributed by atoms with E-state index in [2.05, 4.69) is 0 Å². The fraction of sp³-hybridized carbons (Fsp3) is 0.500. The molecule has 0 saturated carbocycles. The third kappa shape index (κ3) is 6.55. The van der Waals surface area contributed by atoms with Crippen LogP contribution in [0, 0.1) is 0 Å². The Bertz CT molecular complexity index is 1090. The Morgan fingerprint density at radius 1 is 1.12 bits per heavy atom. The van der Waals surface area contributed by atoms with E-state index in [9.17, 15) is 22.8 Å². The van der Waals surface area contributed by atoms with E-state index in [0.29, 0.717) is 24.1 Å². The summed E-state index contributed by atoms with van der Waals surface area (Å²) in [6.07, 6.45) is -3.52. The molecule has 0 aliphatic carbocycles. The molecule has 2 heterocycles. The van der Waals surface area contributed by atoms with Crippen LogP contribution in [0.25, 0.3) is 0 Å². The molecule has 1 fully saturated rings. The lowest BCUT2D eigenvalue weighted by Crippen LogP contribution is -2.42. The number of ether oxygens (including phenoxy) is 1. The molecule has 1 aliphatic rings. The smallest absolute Gasteiger partial charge is 0.404 e. The Morgan fingerprint density at radius 2 is 1.76 bits per heavy atom. The molecule has 10 heteroatoms. The fourth-order valence-corrected chi connectivity index (χ4v) is 4.54. The summed E-state index contributed by atoms with van der Waals surface area (Å²) in [5, 5.41) is 0.0560. The quantitative estimate of drug-likeness (QED) is 0.448.